The first-order valence-electron chi connectivity index (χ1n) is 6.14. The fourth-order valence-electron chi connectivity index (χ4n) is 2.76. The van der Waals surface area contributed by atoms with Gasteiger partial charge in [0.1, 0.15) is 0 Å². The predicted molar refractivity (Wildman–Crippen MR) is 72.2 cm³/mol. The molecule has 0 amide bonds. The number of benzene rings is 2. The van der Waals surface area contributed by atoms with Crippen molar-refractivity contribution in [3.8, 4) is 0 Å². The Bertz CT molecular complexity index is 537. The molecule has 2 aromatic carbocycles. The SMILES string of the molecule is C=C1Cc2ccccc2C(c2ccccc2)C1. The summed E-state index contributed by atoms with van der Waals surface area (Å²) in [6.07, 6.45) is 2.13. The summed E-state index contributed by atoms with van der Waals surface area (Å²) in [5.74, 6) is 0.494. The zero-order valence-electron chi connectivity index (χ0n) is 9.89. The number of fused-ring (bicyclic) bond motifs is 1. The van der Waals surface area contributed by atoms with Crippen molar-refractivity contribution in [2.45, 2.75) is 18.8 Å². The van der Waals surface area contributed by atoms with E-state index in [2.05, 4.69) is 61.2 Å². The van der Waals surface area contributed by atoms with Crippen LogP contribution in [0.15, 0.2) is 66.7 Å². The van der Waals surface area contributed by atoms with Crippen molar-refractivity contribution in [1.29, 1.82) is 0 Å². The van der Waals surface area contributed by atoms with E-state index in [-0.39, 0.29) is 0 Å². The summed E-state index contributed by atoms with van der Waals surface area (Å²) < 4.78 is 0. The van der Waals surface area contributed by atoms with Gasteiger partial charge >= 0.3 is 0 Å². The van der Waals surface area contributed by atoms with Crippen molar-refractivity contribution >= 4 is 0 Å². The van der Waals surface area contributed by atoms with E-state index in [1.807, 2.05) is 0 Å². The molecule has 0 heteroatoms. The van der Waals surface area contributed by atoms with E-state index in [4.69, 9.17) is 0 Å². The molecule has 0 aromatic heterocycles. The van der Waals surface area contributed by atoms with Gasteiger partial charge in [-0.05, 0) is 29.5 Å². The monoisotopic (exact) mass is 220 g/mol. The topological polar surface area (TPSA) is 0 Å². The van der Waals surface area contributed by atoms with E-state index < -0.39 is 0 Å². The summed E-state index contributed by atoms with van der Waals surface area (Å²) in [6.45, 7) is 4.19. The van der Waals surface area contributed by atoms with E-state index >= 15 is 0 Å². The Labute approximate surface area is 103 Å². The smallest absolute Gasteiger partial charge is 0.0129 e. The summed E-state index contributed by atoms with van der Waals surface area (Å²) in [5, 5.41) is 0. The average Bonchev–Trinajstić information content (AvgIpc) is 2.39. The maximum atomic E-state index is 4.19. The van der Waals surface area contributed by atoms with Gasteiger partial charge in [-0.15, -0.1) is 0 Å². The Morgan fingerprint density at radius 1 is 0.882 bits per heavy atom. The van der Waals surface area contributed by atoms with Gasteiger partial charge in [0.2, 0.25) is 0 Å². The second-order valence-electron chi connectivity index (χ2n) is 4.79. The lowest BCUT2D eigenvalue weighted by Gasteiger charge is -2.27. The first kappa shape index (κ1) is 10.3. The van der Waals surface area contributed by atoms with E-state index in [0.29, 0.717) is 5.92 Å². The van der Waals surface area contributed by atoms with Crippen LogP contribution in [0.2, 0.25) is 0 Å². The maximum Gasteiger partial charge on any atom is 0.0129 e. The quantitative estimate of drug-likeness (QED) is 0.628. The van der Waals surface area contributed by atoms with Gasteiger partial charge in [0.05, 0.1) is 0 Å². The summed E-state index contributed by atoms with van der Waals surface area (Å²) in [7, 11) is 0. The zero-order valence-corrected chi connectivity index (χ0v) is 9.89. The maximum absolute atomic E-state index is 4.19. The van der Waals surface area contributed by atoms with Gasteiger partial charge in [0, 0.05) is 5.92 Å². The van der Waals surface area contributed by atoms with E-state index in [1.54, 1.807) is 0 Å². The molecule has 17 heavy (non-hydrogen) atoms. The summed E-state index contributed by atoms with van der Waals surface area (Å²) in [5.41, 5.74) is 5.67. The largest absolute Gasteiger partial charge is 0.0995 e. The number of rotatable bonds is 1. The number of hydrogen-bond donors (Lipinski definition) is 0. The molecule has 84 valence electrons. The van der Waals surface area contributed by atoms with Gasteiger partial charge in [-0.3, -0.25) is 0 Å². The Hall–Kier alpha value is -1.82. The van der Waals surface area contributed by atoms with Gasteiger partial charge in [0.15, 0.2) is 0 Å². The molecule has 0 saturated heterocycles. The van der Waals surface area contributed by atoms with E-state index in [1.165, 1.54) is 22.3 Å². The molecule has 1 aliphatic rings. The first-order valence-corrected chi connectivity index (χ1v) is 6.14. The Balaban J connectivity index is 2.10. The van der Waals surface area contributed by atoms with Gasteiger partial charge in [0.25, 0.3) is 0 Å². The predicted octanol–water partition coefficient (Wildman–Crippen LogP) is 4.32. The molecule has 0 nitrogen and oxygen atoms in total. The van der Waals surface area contributed by atoms with Crippen LogP contribution in [0.5, 0.6) is 0 Å². The number of hydrogen-bond acceptors (Lipinski definition) is 0. The molecular weight excluding hydrogens is 204 g/mol. The third-order valence-electron chi connectivity index (χ3n) is 3.57. The Kier molecular flexibility index (Phi) is 2.56. The van der Waals surface area contributed by atoms with Crippen molar-refractivity contribution < 1.29 is 0 Å². The molecule has 0 spiro atoms. The molecule has 0 aliphatic heterocycles. The van der Waals surface area contributed by atoms with Crippen LogP contribution in [-0.4, -0.2) is 0 Å². The second kappa shape index (κ2) is 4.21. The minimum atomic E-state index is 0.494. The van der Waals surface area contributed by atoms with Crippen LogP contribution in [0.4, 0.5) is 0 Å². The molecule has 0 bridgehead atoms. The highest BCUT2D eigenvalue weighted by atomic mass is 14.3. The second-order valence-corrected chi connectivity index (χ2v) is 4.79. The van der Waals surface area contributed by atoms with Crippen molar-refractivity contribution in [2.75, 3.05) is 0 Å². The molecule has 0 saturated carbocycles. The third kappa shape index (κ3) is 1.91. The van der Waals surface area contributed by atoms with Gasteiger partial charge in [-0.25, -0.2) is 0 Å². The minimum absolute atomic E-state index is 0.494. The lowest BCUT2D eigenvalue weighted by molar-refractivity contribution is 0.733. The van der Waals surface area contributed by atoms with Gasteiger partial charge < -0.3 is 0 Å². The average molecular weight is 220 g/mol. The molecule has 0 N–H and O–H groups in total. The zero-order chi connectivity index (χ0) is 11.7. The highest BCUT2D eigenvalue weighted by Crippen LogP contribution is 2.38. The van der Waals surface area contributed by atoms with Crippen LogP contribution >= 0.6 is 0 Å². The van der Waals surface area contributed by atoms with Crippen LogP contribution < -0.4 is 0 Å². The fraction of sp³-hybridized carbons (Fsp3) is 0.176. The number of allylic oxidation sites excluding steroid dienone is 1. The summed E-state index contributed by atoms with van der Waals surface area (Å²) in [4.78, 5) is 0. The van der Waals surface area contributed by atoms with E-state index in [9.17, 15) is 0 Å². The van der Waals surface area contributed by atoms with Crippen molar-refractivity contribution in [1.82, 2.24) is 0 Å². The third-order valence-corrected chi connectivity index (χ3v) is 3.57. The molecule has 3 rings (SSSR count). The molecular formula is C17H16. The molecule has 0 radical (unpaired) electrons. The van der Waals surface area contributed by atoms with Crippen LogP contribution in [0.3, 0.4) is 0 Å². The Morgan fingerprint density at radius 3 is 2.41 bits per heavy atom. The van der Waals surface area contributed by atoms with Gasteiger partial charge in [-0.1, -0.05) is 66.7 Å². The molecule has 1 atom stereocenters. The fourth-order valence-corrected chi connectivity index (χ4v) is 2.76. The van der Waals surface area contributed by atoms with E-state index in [0.717, 1.165) is 12.8 Å². The molecule has 0 fully saturated rings. The summed E-state index contributed by atoms with van der Waals surface area (Å²) >= 11 is 0. The van der Waals surface area contributed by atoms with Crippen LogP contribution in [0.1, 0.15) is 29.0 Å². The Morgan fingerprint density at radius 2 is 1.59 bits per heavy atom. The van der Waals surface area contributed by atoms with Crippen LogP contribution in [0, 0.1) is 0 Å². The summed E-state index contributed by atoms with van der Waals surface area (Å²) in [6, 6.07) is 19.5. The molecule has 2 aromatic rings. The highest BCUT2D eigenvalue weighted by Gasteiger charge is 2.22. The van der Waals surface area contributed by atoms with Crippen molar-refractivity contribution in [3.05, 3.63) is 83.4 Å². The lowest BCUT2D eigenvalue weighted by atomic mass is 9.77. The molecule has 1 unspecified atom stereocenters. The van der Waals surface area contributed by atoms with Gasteiger partial charge in [-0.2, -0.15) is 0 Å². The van der Waals surface area contributed by atoms with Crippen LogP contribution in [-0.2, 0) is 6.42 Å². The van der Waals surface area contributed by atoms with Crippen molar-refractivity contribution in [2.24, 2.45) is 0 Å². The molecule has 1 aliphatic carbocycles. The molecule has 0 heterocycles. The first-order chi connectivity index (χ1) is 8.34. The van der Waals surface area contributed by atoms with Crippen molar-refractivity contribution in [3.63, 3.8) is 0 Å². The highest BCUT2D eigenvalue weighted by molar-refractivity contribution is 5.43. The minimum Gasteiger partial charge on any atom is -0.0995 e. The standard InChI is InChI=1S/C17H16/c1-13-11-15-9-5-6-10-16(15)17(12-13)14-7-3-2-4-8-14/h2-10,17H,1,11-12H2. The normalized spacial score (nSPS) is 18.8. The van der Waals surface area contributed by atoms with Crippen LogP contribution in [0.25, 0.3) is 0 Å². The lowest BCUT2D eigenvalue weighted by Crippen LogP contribution is -2.12.